The van der Waals surface area contributed by atoms with Crippen LogP contribution in [0, 0.1) is 0 Å². The molecule has 0 heterocycles. The Bertz CT molecular complexity index is 317. The van der Waals surface area contributed by atoms with Crippen LogP contribution >= 0.6 is 27.5 Å². The van der Waals surface area contributed by atoms with Crippen LogP contribution in [0.25, 0.3) is 0 Å². The van der Waals surface area contributed by atoms with E-state index in [1.807, 2.05) is 0 Å². The van der Waals surface area contributed by atoms with Crippen molar-refractivity contribution < 1.29 is 13.5 Å². The molecule has 0 amide bonds. The summed E-state index contributed by atoms with van der Waals surface area (Å²) >= 11 is 8.72. The van der Waals surface area contributed by atoms with E-state index in [1.165, 1.54) is 19.2 Å². The number of hydrogen-bond acceptors (Lipinski definition) is 1. The van der Waals surface area contributed by atoms with Gasteiger partial charge < -0.3 is 4.74 Å². The minimum Gasteiger partial charge on any atom is -0.496 e. The van der Waals surface area contributed by atoms with Gasteiger partial charge in [0.1, 0.15) is 5.75 Å². The Morgan fingerprint density at radius 1 is 1.46 bits per heavy atom. The number of ether oxygens (including phenoxy) is 1. The largest absolute Gasteiger partial charge is 0.496 e. The van der Waals surface area contributed by atoms with E-state index in [0.717, 1.165) is 0 Å². The summed E-state index contributed by atoms with van der Waals surface area (Å²) in [6.07, 6.45) is -2.59. The molecule has 72 valence electrons. The second-order valence-electron chi connectivity index (χ2n) is 2.31. The maximum Gasteiger partial charge on any atom is 0.265 e. The highest BCUT2D eigenvalue weighted by atomic mass is 79.9. The average Bonchev–Trinajstić information content (AvgIpc) is 2.03. The van der Waals surface area contributed by atoms with Gasteiger partial charge in [-0.05, 0) is 28.1 Å². The van der Waals surface area contributed by atoms with Gasteiger partial charge in [0, 0.05) is 5.56 Å². The van der Waals surface area contributed by atoms with Crippen molar-refractivity contribution in [3.8, 4) is 5.75 Å². The second-order valence-corrected chi connectivity index (χ2v) is 3.57. The predicted molar refractivity (Wildman–Crippen MR) is 50.7 cm³/mol. The standard InChI is InChI=1S/C8H6BrClF2O/c1-13-7-2-4(8(11)12)6(10)3-5(7)9/h2-3,8H,1H3. The molecule has 0 aliphatic carbocycles. The first-order valence-electron chi connectivity index (χ1n) is 3.37. The summed E-state index contributed by atoms with van der Waals surface area (Å²) in [5, 5.41) is 0.0303. The molecule has 1 nitrogen and oxygen atoms in total. The molecule has 1 aromatic carbocycles. The van der Waals surface area contributed by atoms with Crippen LogP contribution < -0.4 is 4.74 Å². The van der Waals surface area contributed by atoms with Crippen LogP contribution in [0.4, 0.5) is 8.78 Å². The summed E-state index contributed by atoms with van der Waals surface area (Å²) in [4.78, 5) is 0. The Kier molecular flexibility index (Phi) is 3.50. The molecule has 0 bridgehead atoms. The first-order chi connectivity index (χ1) is 6.06. The van der Waals surface area contributed by atoms with Crippen molar-refractivity contribution in [2.45, 2.75) is 6.43 Å². The lowest BCUT2D eigenvalue weighted by Gasteiger charge is -2.07. The molecular weight excluding hydrogens is 265 g/mol. The molecule has 13 heavy (non-hydrogen) atoms. The van der Waals surface area contributed by atoms with Crippen molar-refractivity contribution in [2.24, 2.45) is 0 Å². The summed E-state index contributed by atoms with van der Waals surface area (Å²) < 4.78 is 30.1. The van der Waals surface area contributed by atoms with Gasteiger partial charge in [-0.15, -0.1) is 0 Å². The van der Waals surface area contributed by atoms with Gasteiger partial charge in [-0.1, -0.05) is 11.6 Å². The molecule has 0 aliphatic heterocycles. The maximum atomic E-state index is 12.3. The number of hydrogen-bond donors (Lipinski definition) is 0. The van der Waals surface area contributed by atoms with Crippen molar-refractivity contribution in [3.05, 3.63) is 27.2 Å². The fourth-order valence-electron chi connectivity index (χ4n) is 0.868. The van der Waals surface area contributed by atoms with Crippen LogP contribution in [-0.2, 0) is 0 Å². The molecule has 0 unspecified atom stereocenters. The average molecular weight is 271 g/mol. The molecule has 0 atom stereocenters. The topological polar surface area (TPSA) is 9.23 Å². The SMILES string of the molecule is COc1cc(C(F)F)c(Cl)cc1Br. The van der Waals surface area contributed by atoms with E-state index >= 15 is 0 Å². The normalized spacial score (nSPS) is 10.6. The summed E-state index contributed by atoms with van der Waals surface area (Å²) in [7, 11) is 1.41. The van der Waals surface area contributed by atoms with Crippen LogP contribution in [0.15, 0.2) is 16.6 Å². The Morgan fingerprint density at radius 3 is 2.54 bits per heavy atom. The Morgan fingerprint density at radius 2 is 2.08 bits per heavy atom. The molecule has 0 aliphatic rings. The van der Waals surface area contributed by atoms with Crippen LogP contribution in [-0.4, -0.2) is 7.11 Å². The summed E-state index contributed by atoms with van der Waals surface area (Å²) in [5.74, 6) is 0.347. The minimum absolute atomic E-state index is 0.0303. The van der Waals surface area contributed by atoms with Gasteiger partial charge in [0.15, 0.2) is 0 Å². The van der Waals surface area contributed by atoms with Crippen molar-refractivity contribution in [1.82, 2.24) is 0 Å². The van der Waals surface area contributed by atoms with E-state index in [1.54, 1.807) is 0 Å². The van der Waals surface area contributed by atoms with E-state index in [0.29, 0.717) is 10.2 Å². The van der Waals surface area contributed by atoms with E-state index < -0.39 is 6.43 Å². The van der Waals surface area contributed by atoms with Gasteiger partial charge >= 0.3 is 0 Å². The molecule has 0 saturated heterocycles. The fraction of sp³-hybridized carbons (Fsp3) is 0.250. The van der Waals surface area contributed by atoms with Crippen molar-refractivity contribution in [2.75, 3.05) is 7.11 Å². The van der Waals surface area contributed by atoms with E-state index in [-0.39, 0.29) is 10.6 Å². The van der Waals surface area contributed by atoms with Crippen LogP contribution in [0.1, 0.15) is 12.0 Å². The quantitative estimate of drug-likeness (QED) is 0.788. The first kappa shape index (κ1) is 10.7. The summed E-state index contributed by atoms with van der Waals surface area (Å²) in [6.45, 7) is 0. The van der Waals surface area contributed by atoms with E-state index in [9.17, 15) is 8.78 Å². The van der Waals surface area contributed by atoms with Gasteiger partial charge in [-0.25, -0.2) is 8.78 Å². The first-order valence-corrected chi connectivity index (χ1v) is 4.54. The maximum absolute atomic E-state index is 12.3. The van der Waals surface area contributed by atoms with Crippen LogP contribution in [0.2, 0.25) is 5.02 Å². The smallest absolute Gasteiger partial charge is 0.265 e. The third-order valence-electron chi connectivity index (χ3n) is 1.51. The van der Waals surface area contributed by atoms with Crippen molar-refractivity contribution >= 4 is 27.5 Å². The highest BCUT2D eigenvalue weighted by molar-refractivity contribution is 9.10. The molecular formula is C8H6BrClF2O. The van der Waals surface area contributed by atoms with E-state index in [4.69, 9.17) is 16.3 Å². The number of methoxy groups -OCH3 is 1. The molecule has 0 spiro atoms. The van der Waals surface area contributed by atoms with Crippen LogP contribution in [0.5, 0.6) is 5.75 Å². The monoisotopic (exact) mass is 270 g/mol. The molecule has 0 saturated carbocycles. The van der Waals surface area contributed by atoms with Gasteiger partial charge in [0.05, 0.1) is 16.6 Å². The highest BCUT2D eigenvalue weighted by Crippen LogP contribution is 2.35. The highest BCUT2D eigenvalue weighted by Gasteiger charge is 2.14. The zero-order valence-corrected chi connectivity index (χ0v) is 8.99. The Balaban J connectivity index is 3.22. The fourth-order valence-corrected chi connectivity index (χ4v) is 1.75. The van der Waals surface area contributed by atoms with Crippen molar-refractivity contribution in [3.63, 3.8) is 0 Å². The van der Waals surface area contributed by atoms with Gasteiger partial charge in [0.25, 0.3) is 6.43 Å². The van der Waals surface area contributed by atoms with Gasteiger partial charge in [0.2, 0.25) is 0 Å². The third-order valence-corrected chi connectivity index (χ3v) is 2.45. The predicted octanol–water partition coefficient (Wildman–Crippen LogP) is 4.05. The Hall–Kier alpha value is -0.350. The lowest BCUT2D eigenvalue weighted by Crippen LogP contribution is -1.90. The number of rotatable bonds is 2. The minimum atomic E-state index is -2.59. The number of halogens is 4. The molecule has 1 aromatic rings. The molecule has 0 aromatic heterocycles. The Labute approximate surface area is 87.8 Å². The molecule has 1 rings (SSSR count). The number of benzene rings is 1. The molecule has 0 N–H and O–H groups in total. The zero-order chi connectivity index (χ0) is 10.0. The summed E-state index contributed by atoms with van der Waals surface area (Å²) in [6, 6.07) is 2.61. The van der Waals surface area contributed by atoms with Gasteiger partial charge in [-0.2, -0.15) is 0 Å². The van der Waals surface area contributed by atoms with E-state index in [2.05, 4.69) is 15.9 Å². The molecule has 0 radical (unpaired) electrons. The lowest BCUT2D eigenvalue weighted by atomic mass is 10.2. The molecule has 0 fully saturated rings. The summed E-state index contributed by atoms with van der Waals surface area (Å²) in [5.41, 5.74) is -0.221. The second kappa shape index (κ2) is 4.24. The molecule has 5 heteroatoms. The van der Waals surface area contributed by atoms with Crippen molar-refractivity contribution in [1.29, 1.82) is 0 Å². The van der Waals surface area contributed by atoms with Crippen LogP contribution in [0.3, 0.4) is 0 Å². The number of alkyl halides is 2. The van der Waals surface area contributed by atoms with Gasteiger partial charge in [-0.3, -0.25) is 0 Å². The third kappa shape index (κ3) is 2.31. The zero-order valence-electron chi connectivity index (χ0n) is 6.65. The lowest BCUT2D eigenvalue weighted by molar-refractivity contribution is 0.151.